The molecule has 8 nitrogen and oxygen atoms in total. The van der Waals surface area contributed by atoms with Crippen molar-refractivity contribution in [3.8, 4) is 0 Å². The molecule has 3 atom stereocenters. The zero-order chi connectivity index (χ0) is 28.4. The first kappa shape index (κ1) is 30.3. The number of likely N-dealkylation sites (N-methyl/N-ethyl adjacent to an activating group) is 1. The Morgan fingerprint density at radius 2 is 1.67 bits per heavy atom. The summed E-state index contributed by atoms with van der Waals surface area (Å²) in [6.45, 7) is 8.79. The summed E-state index contributed by atoms with van der Waals surface area (Å²) in [5, 5.41) is 2.92. The first-order valence-corrected chi connectivity index (χ1v) is 13.9. The lowest BCUT2D eigenvalue weighted by Gasteiger charge is -2.26. The predicted molar refractivity (Wildman–Crippen MR) is 154 cm³/mol. The number of carbonyl (C=O) groups is 3. The van der Waals surface area contributed by atoms with E-state index >= 15 is 0 Å². The third kappa shape index (κ3) is 9.18. The molecule has 0 aliphatic carbocycles. The van der Waals surface area contributed by atoms with Crippen LogP contribution in [0.15, 0.2) is 54.6 Å². The first-order valence-electron chi connectivity index (χ1n) is 13.9. The molecule has 1 unspecified atom stereocenters. The number of rotatable bonds is 13. The van der Waals surface area contributed by atoms with Gasteiger partial charge in [-0.15, -0.1) is 0 Å². The summed E-state index contributed by atoms with van der Waals surface area (Å²) in [7, 11) is 2.06. The lowest BCUT2D eigenvalue weighted by Crippen LogP contribution is -2.49. The van der Waals surface area contributed by atoms with E-state index in [2.05, 4.69) is 34.3 Å². The van der Waals surface area contributed by atoms with E-state index in [0.717, 1.165) is 18.7 Å². The Morgan fingerprint density at radius 3 is 2.36 bits per heavy atom. The molecule has 1 amide bonds. The lowest BCUT2D eigenvalue weighted by atomic mass is 9.93. The lowest BCUT2D eigenvalue weighted by molar-refractivity contribution is -0.155. The number of benzene rings is 2. The number of para-hydroxylation sites is 1. The van der Waals surface area contributed by atoms with Gasteiger partial charge in [-0.25, -0.2) is 0 Å². The fraction of sp³-hybridized carbons (Fsp3) is 0.516. The van der Waals surface area contributed by atoms with Crippen LogP contribution in [0.25, 0.3) is 0 Å². The van der Waals surface area contributed by atoms with Crippen molar-refractivity contribution < 1.29 is 19.1 Å². The third-order valence-electron chi connectivity index (χ3n) is 7.21. The standard InChI is InChI=1S/C31H44N4O4/c1-22(2)16-27(29(36)20-35-15-14-34(4)28-13-9-8-12-25(28)19-35)33-30(37)26(17-23(3)18-32)31(38)39-21-24-10-6-5-7-11-24/h5-13,22-23,26-27H,14-21,32H2,1-4H3,(H,33,37)/t23?,26-,27-/m0/s1. The van der Waals surface area contributed by atoms with E-state index in [1.165, 1.54) is 11.3 Å². The highest BCUT2D eigenvalue weighted by molar-refractivity contribution is 6.00. The van der Waals surface area contributed by atoms with E-state index in [1.807, 2.05) is 63.2 Å². The average Bonchev–Trinajstić information content (AvgIpc) is 3.08. The average molecular weight is 537 g/mol. The molecular weight excluding hydrogens is 492 g/mol. The van der Waals surface area contributed by atoms with Crippen LogP contribution < -0.4 is 16.0 Å². The minimum Gasteiger partial charge on any atom is -0.460 e. The van der Waals surface area contributed by atoms with Crippen LogP contribution in [-0.4, -0.2) is 61.8 Å². The van der Waals surface area contributed by atoms with Gasteiger partial charge in [-0.3, -0.25) is 19.3 Å². The molecule has 3 rings (SSSR count). The maximum absolute atomic E-state index is 13.6. The maximum atomic E-state index is 13.6. The van der Waals surface area contributed by atoms with Gasteiger partial charge >= 0.3 is 5.97 Å². The van der Waals surface area contributed by atoms with Crippen LogP contribution in [0.1, 0.15) is 44.7 Å². The topological polar surface area (TPSA) is 105 Å². The molecule has 0 saturated heterocycles. The molecule has 0 radical (unpaired) electrons. The van der Waals surface area contributed by atoms with Gasteiger partial charge in [0.15, 0.2) is 5.78 Å². The number of ketones is 1. The molecule has 39 heavy (non-hydrogen) atoms. The Bertz CT molecular complexity index is 1090. The number of carbonyl (C=O) groups excluding carboxylic acids is 3. The van der Waals surface area contributed by atoms with Crippen molar-refractivity contribution in [2.45, 2.75) is 52.8 Å². The molecule has 3 N–H and O–H groups in total. The van der Waals surface area contributed by atoms with Crippen LogP contribution in [0.3, 0.4) is 0 Å². The SMILES string of the molecule is CC(C)C[C@H](NC(=O)[C@H](CC(C)CN)C(=O)OCc1ccccc1)C(=O)CN1CCN(C)c2ccccc2C1. The number of Topliss-reactive ketones (excluding diaryl/α,β-unsaturated/α-hetero) is 1. The third-order valence-corrected chi connectivity index (χ3v) is 7.21. The maximum Gasteiger partial charge on any atom is 0.318 e. The Labute approximate surface area is 232 Å². The highest BCUT2D eigenvalue weighted by atomic mass is 16.5. The second kappa shape index (κ2) is 14.8. The summed E-state index contributed by atoms with van der Waals surface area (Å²) in [4.78, 5) is 44.4. The molecule has 0 saturated carbocycles. The van der Waals surface area contributed by atoms with Crippen molar-refractivity contribution in [1.29, 1.82) is 0 Å². The zero-order valence-corrected chi connectivity index (χ0v) is 23.8. The summed E-state index contributed by atoms with van der Waals surface area (Å²) in [5.41, 5.74) is 9.00. The number of esters is 1. The molecule has 2 aromatic carbocycles. The minimum absolute atomic E-state index is 0.0534. The summed E-state index contributed by atoms with van der Waals surface area (Å²) in [6, 6.07) is 16.9. The van der Waals surface area contributed by atoms with Crippen molar-refractivity contribution in [2.75, 3.05) is 38.1 Å². The van der Waals surface area contributed by atoms with Crippen molar-refractivity contribution in [3.05, 3.63) is 65.7 Å². The van der Waals surface area contributed by atoms with Crippen LogP contribution in [0, 0.1) is 17.8 Å². The molecule has 8 heteroatoms. The van der Waals surface area contributed by atoms with Gasteiger partial charge in [-0.1, -0.05) is 69.3 Å². The number of hydrogen-bond acceptors (Lipinski definition) is 7. The Hall–Kier alpha value is -3.23. The molecule has 1 aliphatic heterocycles. The van der Waals surface area contributed by atoms with E-state index in [4.69, 9.17) is 10.5 Å². The number of amides is 1. The van der Waals surface area contributed by atoms with Gasteiger partial charge in [0.25, 0.3) is 0 Å². The molecule has 1 heterocycles. The van der Waals surface area contributed by atoms with Crippen LogP contribution in [0.5, 0.6) is 0 Å². The van der Waals surface area contributed by atoms with E-state index in [1.54, 1.807) is 0 Å². The van der Waals surface area contributed by atoms with Crippen molar-refractivity contribution in [2.24, 2.45) is 23.5 Å². The summed E-state index contributed by atoms with van der Waals surface area (Å²) < 4.78 is 5.52. The van der Waals surface area contributed by atoms with Gasteiger partial charge in [0.2, 0.25) is 5.91 Å². The normalized spacial score (nSPS) is 16.1. The summed E-state index contributed by atoms with van der Waals surface area (Å²) >= 11 is 0. The second-order valence-electron chi connectivity index (χ2n) is 11.1. The quantitative estimate of drug-likeness (QED) is 0.299. The highest BCUT2D eigenvalue weighted by Crippen LogP contribution is 2.24. The Morgan fingerprint density at radius 1 is 0.974 bits per heavy atom. The number of fused-ring (bicyclic) bond motifs is 1. The van der Waals surface area contributed by atoms with E-state index in [0.29, 0.717) is 19.5 Å². The summed E-state index contributed by atoms with van der Waals surface area (Å²) in [6.07, 6.45) is 0.751. The Kier molecular flexibility index (Phi) is 11.5. The van der Waals surface area contributed by atoms with Crippen molar-refractivity contribution in [3.63, 3.8) is 0 Å². The van der Waals surface area contributed by atoms with E-state index in [-0.39, 0.29) is 37.2 Å². The smallest absolute Gasteiger partial charge is 0.318 e. The molecule has 0 bridgehead atoms. The predicted octanol–water partition coefficient (Wildman–Crippen LogP) is 3.38. The minimum atomic E-state index is -1.03. The van der Waals surface area contributed by atoms with Crippen LogP contribution in [-0.2, 0) is 32.3 Å². The Balaban J connectivity index is 1.70. The second-order valence-corrected chi connectivity index (χ2v) is 11.1. The first-order chi connectivity index (χ1) is 18.7. The number of nitrogens with two attached hydrogens (primary N) is 1. The monoisotopic (exact) mass is 536 g/mol. The van der Waals surface area contributed by atoms with E-state index < -0.39 is 23.8 Å². The van der Waals surface area contributed by atoms with Crippen molar-refractivity contribution in [1.82, 2.24) is 10.2 Å². The van der Waals surface area contributed by atoms with Gasteiger partial charge in [0.1, 0.15) is 12.5 Å². The van der Waals surface area contributed by atoms with Gasteiger partial charge < -0.3 is 20.7 Å². The number of nitrogens with zero attached hydrogens (tertiary/aromatic N) is 2. The molecule has 212 valence electrons. The molecular formula is C31H44N4O4. The van der Waals surface area contributed by atoms with E-state index in [9.17, 15) is 14.4 Å². The molecule has 2 aromatic rings. The fourth-order valence-electron chi connectivity index (χ4n) is 4.87. The molecule has 1 aliphatic rings. The number of anilines is 1. The van der Waals surface area contributed by atoms with Gasteiger partial charge in [0, 0.05) is 32.4 Å². The van der Waals surface area contributed by atoms with Gasteiger partial charge in [-0.2, -0.15) is 0 Å². The number of ether oxygens (including phenoxy) is 1. The molecule has 0 spiro atoms. The van der Waals surface area contributed by atoms with Crippen molar-refractivity contribution >= 4 is 23.3 Å². The zero-order valence-electron chi connectivity index (χ0n) is 23.8. The number of hydrogen-bond donors (Lipinski definition) is 2. The highest BCUT2D eigenvalue weighted by Gasteiger charge is 2.33. The summed E-state index contributed by atoms with van der Waals surface area (Å²) in [5.74, 6) is -2.04. The number of nitrogens with one attached hydrogen (secondary N) is 1. The van der Waals surface area contributed by atoms with Crippen LogP contribution in [0.2, 0.25) is 0 Å². The van der Waals surface area contributed by atoms with Crippen LogP contribution >= 0.6 is 0 Å². The van der Waals surface area contributed by atoms with Gasteiger partial charge in [0.05, 0.1) is 12.6 Å². The van der Waals surface area contributed by atoms with Gasteiger partial charge in [-0.05, 0) is 48.4 Å². The van der Waals surface area contributed by atoms with Crippen LogP contribution in [0.4, 0.5) is 5.69 Å². The largest absolute Gasteiger partial charge is 0.460 e. The fourth-order valence-corrected chi connectivity index (χ4v) is 4.87. The molecule has 0 fully saturated rings. The molecule has 0 aromatic heterocycles.